The van der Waals surface area contributed by atoms with E-state index >= 15 is 0 Å². The Morgan fingerprint density at radius 1 is 1.52 bits per heavy atom. The number of hydrogen-bond donors (Lipinski definition) is 2. The number of hydrogen-bond acceptors (Lipinski definition) is 4. The van der Waals surface area contributed by atoms with Crippen LogP contribution in [-0.4, -0.2) is 42.0 Å². The number of likely N-dealkylation sites (tertiary alicyclic amines) is 1. The summed E-state index contributed by atoms with van der Waals surface area (Å²) in [5.41, 5.74) is 4.96. The second-order valence-electron chi connectivity index (χ2n) is 6.74. The lowest BCUT2D eigenvalue weighted by Crippen LogP contribution is -2.45. The van der Waals surface area contributed by atoms with Crippen LogP contribution in [-0.2, 0) is 4.79 Å². The Kier molecular flexibility index (Phi) is 7.13. The molecule has 0 saturated carbocycles. The minimum absolute atomic E-state index is 0.0192. The van der Waals surface area contributed by atoms with Crippen LogP contribution in [0, 0.1) is 17.2 Å². The van der Waals surface area contributed by atoms with Crippen LogP contribution in [0.4, 0.5) is 0 Å². The number of primary amides is 1. The van der Waals surface area contributed by atoms with Crippen molar-refractivity contribution < 1.29 is 4.79 Å². The standard InChI is InChI=1S/C16H30N4O/c1-13(2)19-16(3,12-17)8-4-5-9-20-10-6-7-14(11-20)15(18)21/h13-14,19H,4-11H2,1-3H3,(H2,18,21). The molecule has 3 N–H and O–H groups in total. The fourth-order valence-corrected chi connectivity index (χ4v) is 3.10. The number of amides is 1. The quantitative estimate of drug-likeness (QED) is 0.667. The molecule has 2 unspecified atom stereocenters. The summed E-state index contributed by atoms with van der Waals surface area (Å²) < 4.78 is 0. The summed E-state index contributed by atoms with van der Waals surface area (Å²) in [5, 5.41) is 12.6. The zero-order chi connectivity index (χ0) is 15.9. The maximum Gasteiger partial charge on any atom is 0.221 e. The topological polar surface area (TPSA) is 82.2 Å². The number of carbonyl (C=O) groups excluding carboxylic acids is 1. The van der Waals surface area contributed by atoms with Crippen LogP contribution in [0.3, 0.4) is 0 Å². The van der Waals surface area contributed by atoms with E-state index in [2.05, 4.69) is 30.1 Å². The van der Waals surface area contributed by atoms with E-state index < -0.39 is 5.54 Å². The van der Waals surface area contributed by atoms with Gasteiger partial charge in [0.2, 0.25) is 5.91 Å². The smallest absolute Gasteiger partial charge is 0.221 e. The average Bonchev–Trinajstić information content (AvgIpc) is 2.43. The predicted molar refractivity (Wildman–Crippen MR) is 84.5 cm³/mol. The number of nitrogens with zero attached hydrogens (tertiary/aromatic N) is 2. The largest absolute Gasteiger partial charge is 0.369 e. The summed E-state index contributed by atoms with van der Waals surface area (Å²) in [4.78, 5) is 13.6. The van der Waals surface area contributed by atoms with E-state index in [1.54, 1.807) is 0 Å². The molecule has 1 heterocycles. The maximum absolute atomic E-state index is 11.3. The fraction of sp³-hybridized carbons (Fsp3) is 0.875. The lowest BCUT2D eigenvalue weighted by molar-refractivity contribution is -0.123. The molecule has 1 amide bonds. The van der Waals surface area contributed by atoms with Crippen molar-refractivity contribution in [2.24, 2.45) is 11.7 Å². The highest BCUT2D eigenvalue weighted by molar-refractivity contribution is 5.76. The molecule has 0 aliphatic carbocycles. The van der Waals surface area contributed by atoms with Gasteiger partial charge < -0.3 is 10.6 Å². The second-order valence-corrected chi connectivity index (χ2v) is 6.74. The SMILES string of the molecule is CC(C)NC(C)(C#N)CCCCN1CCCC(C(N)=O)C1. The van der Waals surface area contributed by atoms with E-state index in [-0.39, 0.29) is 11.8 Å². The van der Waals surface area contributed by atoms with E-state index in [1.165, 1.54) is 0 Å². The molecule has 0 radical (unpaired) electrons. The molecular weight excluding hydrogens is 264 g/mol. The van der Waals surface area contributed by atoms with Gasteiger partial charge in [0.25, 0.3) is 0 Å². The minimum atomic E-state index is -0.439. The monoisotopic (exact) mass is 294 g/mol. The third-order valence-electron chi connectivity index (χ3n) is 4.16. The Balaban J connectivity index is 2.27. The molecule has 120 valence electrons. The summed E-state index contributed by atoms with van der Waals surface area (Å²) in [5.74, 6) is -0.149. The van der Waals surface area contributed by atoms with Crippen molar-refractivity contribution in [3.8, 4) is 6.07 Å². The lowest BCUT2D eigenvalue weighted by Gasteiger charge is -2.31. The Bertz CT molecular complexity index is 377. The number of rotatable bonds is 8. The molecule has 0 aromatic carbocycles. The molecule has 0 aromatic heterocycles. The van der Waals surface area contributed by atoms with Gasteiger partial charge in [-0.15, -0.1) is 0 Å². The number of carbonyl (C=O) groups is 1. The molecule has 2 atom stereocenters. The van der Waals surface area contributed by atoms with Gasteiger partial charge in [-0.3, -0.25) is 10.1 Å². The molecule has 5 nitrogen and oxygen atoms in total. The first-order valence-electron chi connectivity index (χ1n) is 8.07. The summed E-state index contributed by atoms with van der Waals surface area (Å²) in [6, 6.07) is 2.70. The summed E-state index contributed by atoms with van der Waals surface area (Å²) >= 11 is 0. The normalized spacial score (nSPS) is 22.7. The van der Waals surface area contributed by atoms with E-state index in [4.69, 9.17) is 5.73 Å². The van der Waals surface area contributed by atoms with Crippen LogP contribution in [0.5, 0.6) is 0 Å². The first-order valence-corrected chi connectivity index (χ1v) is 8.07. The van der Waals surface area contributed by atoms with Gasteiger partial charge in [-0.1, -0.05) is 0 Å². The van der Waals surface area contributed by atoms with E-state index in [1.807, 2.05) is 6.92 Å². The van der Waals surface area contributed by atoms with Crippen LogP contribution in [0.15, 0.2) is 0 Å². The molecule has 1 saturated heterocycles. The van der Waals surface area contributed by atoms with Crippen molar-refractivity contribution in [1.29, 1.82) is 5.26 Å². The number of unbranched alkanes of at least 4 members (excludes halogenated alkanes) is 1. The third kappa shape index (κ3) is 6.45. The van der Waals surface area contributed by atoms with Gasteiger partial charge >= 0.3 is 0 Å². The molecule has 1 aliphatic heterocycles. The van der Waals surface area contributed by atoms with Crippen LogP contribution in [0.2, 0.25) is 0 Å². The number of piperidine rings is 1. The zero-order valence-electron chi connectivity index (χ0n) is 13.7. The minimum Gasteiger partial charge on any atom is -0.369 e. The van der Waals surface area contributed by atoms with E-state index in [9.17, 15) is 10.1 Å². The first-order chi connectivity index (χ1) is 9.86. The molecule has 1 rings (SSSR count). The average molecular weight is 294 g/mol. The van der Waals surface area contributed by atoms with E-state index in [0.717, 1.165) is 51.7 Å². The van der Waals surface area contributed by atoms with Crippen molar-refractivity contribution in [1.82, 2.24) is 10.2 Å². The molecule has 1 fully saturated rings. The predicted octanol–water partition coefficient (Wildman–Crippen LogP) is 1.63. The first kappa shape index (κ1) is 17.9. The highest BCUT2D eigenvalue weighted by Crippen LogP contribution is 2.18. The van der Waals surface area contributed by atoms with Crippen molar-refractivity contribution in [2.75, 3.05) is 19.6 Å². The zero-order valence-corrected chi connectivity index (χ0v) is 13.7. The summed E-state index contributed by atoms with van der Waals surface area (Å²) in [7, 11) is 0. The number of nitrogens with one attached hydrogen (secondary N) is 1. The Morgan fingerprint density at radius 3 is 2.81 bits per heavy atom. The van der Waals surface area contributed by atoms with Crippen LogP contribution < -0.4 is 11.1 Å². The molecule has 0 spiro atoms. The maximum atomic E-state index is 11.3. The Morgan fingerprint density at radius 2 is 2.24 bits per heavy atom. The molecule has 5 heteroatoms. The second kappa shape index (κ2) is 8.35. The van der Waals surface area contributed by atoms with Crippen molar-refractivity contribution in [3.63, 3.8) is 0 Å². The molecule has 1 aliphatic rings. The molecule has 0 bridgehead atoms. The van der Waals surface area contributed by atoms with Gasteiger partial charge in [0, 0.05) is 12.6 Å². The van der Waals surface area contributed by atoms with Gasteiger partial charge in [0.1, 0.15) is 5.54 Å². The Hall–Kier alpha value is -1.12. The summed E-state index contributed by atoms with van der Waals surface area (Å²) in [6.45, 7) is 8.95. The van der Waals surface area contributed by atoms with Crippen molar-refractivity contribution in [2.45, 2.75) is 64.5 Å². The van der Waals surface area contributed by atoms with Gasteiger partial charge in [0.05, 0.1) is 12.0 Å². The molecule has 21 heavy (non-hydrogen) atoms. The van der Waals surface area contributed by atoms with Gasteiger partial charge in [-0.2, -0.15) is 5.26 Å². The van der Waals surface area contributed by atoms with Crippen molar-refractivity contribution in [3.05, 3.63) is 0 Å². The van der Waals surface area contributed by atoms with Crippen molar-refractivity contribution >= 4 is 5.91 Å². The van der Waals surface area contributed by atoms with Gasteiger partial charge in [0.15, 0.2) is 0 Å². The molecule has 0 aromatic rings. The van der Waals surface area contributed by atoms with Gasteiger partial charge in [-0.05, 0) is 66.0 Å². The number of nitriles is 1. The highest BCUT2D eigenvalue weighted by atomic mass is 16.1. The number of nitrogens with two attached hydrogens (primary N) is 1. The highest BCUT2D eigenvalue weighted by Gasteiger charge is 2.25. The van der Waals surface area contributed by atoms with Gasteiger partial charge in [-0.25, -0.2) is 0 Å². The fourth-order valence-electron chi connectivity index (χ4n) is 3.10. The van der Waals surface area contributed by atoms with Crippen LogP contribution >= 0.6 is 0 Å². The molecular formula is C16H30N4O. The third-order valence-corrected chi connectivity index (χ3v) is 4.16. The van der Waals surface area contributed by atoms with Crippen LogP contribution in [0.1, 0.15) is 52.9 Å². The lowest BCUT2D eigenvalue weighted by atomic mass is 9.94. The van der Waals surface area contributed by atoms with Crippen LogP contribution in [0.25, 0.3) is 0 Å². The Labute approximate surface area is 128 Å². The summed E-state index contributed by atoms with van der Waals surface area (Å²) in [6.07, 6.45) is 4.91. The van der Waals surface area contributed by atoms with E-state index in [0.29, 0.717) is 6.04 Å².